The number of hydrogen-bond acceptors (Lipinski definition) is 7. The van der Waals surface area contributed by atoms with Gasteiger partial charge in [0.05, 0.1) is 40.1 Å². The van der Waals surface area contributed by atoms with Gasteiger partial charge in [0, 0.05) is 6.61 Å². The number of ether oxygens (including phenoxy) is 6. The Morgan fingerprint density at radius 3 is 2.64 bits per heavy atom. The van der Waals surface area contributed by atoms with Crippen molar-refractivity contribution in [3.63, 3.8) is 0 Å². The minimum absolute atomic E-state index is 0.258. The molecule has 0 radical (unpaired) electrons. The zero-order valence-corrected chi connectivity index (χ0v) is 19.9. The molecule has 33 heavy (non-hydrogen) atoms. The molecule has 7 heteroatoms. The highest BCUT2D eigenvalue weighted by molar-refractivity contribution is 5.80. The molecule has 0 N–H and O–H groups in total. The first kappa shape index (κ1) is 26.8. The van der Waals surface area contributed by atoms with Gasteiger partial charge in [-0.3, -0.25) is 0 Å². The lowest BCUT2D eigenvalue weighted by Gasteiger charge is -2.39. The van der Waals surface area contributed by atoms with E-state index in [9.17, 15) is 4.79 Å². The maximum absolute atomic E-state index is 13.0. The first-order chi connectivity index (χ1) is 16.0. The van der Waals surface area contributed by atoms with E-state index in [0.29, 0.717) is 19.8 Å². The maximum atomic E-state index is 13.0. The third-order valence-corrected chi connectivity index (χ3v) is 5.42. The molecule has 182 valence electrons. The molecule has 1 fully saturated rings. The largest absolute Gasteiger partial charge is 0.497 e. The number of esters is 1. The molecule has 0 unspecified atom stereocenters. The highest BCUT2D eigenvalue weighted by Crippen LogP contribution is 2.30. The summed E-state index contributed by atoms with van der Waals surface area (Å²) in [7, 11) is 2.95. The van der Waals surface area contributed by atoms with Crippen molar-refractivity contribution in [2.45, 2.75) is 50.3 Å². The van der Waals surface area contributed by atoms with Gasteiger partial charge in [0.15, 0.2) is 5.60 Å². The Morgan fingerprint density at radius 1 is 1.24 bits per heavy atom. The lowest BCUT2D eigenvalue weighted by atomic mass is 9.95. The van der Waals surface area contributed by atoms with Crippen LogP contribution in [0.1, 0.15) is 25.3 Å². The van der Waals surface area contributed by atoms with Crippen LogP contribution in [0, 0.1) is 0 Å². The van der Waals surface area contributed by atoms with E-state index in [4.69, 9.17) is 28.4 Å². The molecular weight excluding hydrogens is 424 g/mol. The van der Waals surface area contributed by atoms with Crippen LogP contribution < -0.4 is 4.74 Å². The highest BCUT2D eigenvalue weighted by atomic mass is 16.6. The third kappa shape index (κ3) is 7.82. The standard InChI is InChI=1S/C26H36O7/c1-6-16-30-17-9-11-24(32-19-20-12-14-21(28-4)15-13-20)26(3,25(27)29-5)33-23-10-8-18-31-22(23)7-2/h6-7,9,11-15,22-24H,1-2,8,10,16-19H2,3-5H3/b11-9-/t22-,23+,24-,26+/m1/s1. The third-order valence-electron chi connectivity index (χ3n) is 5.42. The van der Waals surface area contributed by atoms with Crippen molar-refractivity contribution in [2.75, 3.05) is 34.0 Å². The number of rotatable bonds is 14. The minimum atomic E-state index is -1.41. The molecule has 0 amide bonds. The molecule has 0 spiro atoms. The van der Waals surface area contributed by atoms with Crippen molar-refractivity contribution < 1.29 is 33.2 Å². The van der Waals surface area contributed by atoms with E-state index < -0.39 is 17.7 Å². The second kappa shape index (κ2) is 14.0. The predicted octanol–water partition coefficient (Wildman–Crippen LogP) is 4.02. The average molecular weight is 461 g/mol. The van der Waals surface area contributed by atoms with Crippen LogP contribution in [0.25, 0.3) is 0 Å². The molecule has 1 saturated heterocycles. The molecule has 1 aliphatic rings. The molecule has 1 aromatic rings. The van der Waals surface area contributed by atoms with E-state index in [1.54, 1.807) is 38.3 Å². The zero-order valence-electron chi connectivity index (χ0n) is 19.9. The Balaban J connectivity index is 2.26. The quantitative estimate of drug-likeness (QED) is 0.236. The average Bonchev–Trinajstić information content (AvgIpc) is 2.85. The van der Waals surface area contributed by atoms with E-state index >= 15 is 0 Å². The molecule has 0 saturated carbocycles. The molecule has 7 nitrogen and oxygen atoms in total. The van der Waals surface area contributed by atoms with E-state index in [-0.39, 0.29) is 18.8 Å². The summed E-state index contributed by atoms with van der Waals surface area (Å²) >= 11 is 0. The van der Waals surface area contributed by atoms with Crippen LogP contribution in [0.15, 0.2) is 61.7 Å². The van der Waals surface area contributed by atoms with Crippen LogP contribution in [-0.4, -0.2) is 63.9 Å². The van der Waals surface area contributed by atoms with Crippen LogP contribution in [0.5, 0.6) is 5.75 Å². The predicted molar refractivity (Wildman–Crippen MR) is 126 cm³/mol. The summed E-state index contributed by atoms with van der Waals surface area (Å²) in [5.74, 6) is 0.220. The number of hydrogen-bond donors (Lipinski definition) is 0. The Hall–Kier alpha value is -2.45. The molecule has 1 heterocycles. The Morgan fingerprint density at radius 2 is 2.00 bits per heavy atom. The molecular formula is C26H36O7. The number of carbonyl (C=O) groups excluding carboxylic acids is 1. The number of benzene rings is 1. The molecule has 0 bridgehead atoms. The first-order valence-corrected chi connectivity index (χ1v) is 11.1. The van der Waals surface area contributed by atoms with Crippen molar-refractivity contribution in [3.05, 3.63) is 67.3 Å². The summed E-state index contributed by atoms with van der Waals surface area (Å²) in [4.78, 5) is 13.0. The maximum Gasteiger partial charge on any atom is 0.340 e. The minimum Gasteiger partial charge on any atom is -0.497 e. The van der Waals surface area contributed by atoms with Crippen molar-refractivity contribution in [1.82, 2.24) is 0 Å². The highest BCUT2D eigenvalue weighted by Gasteiger charge is 2.47. The van der Waals surface area contributed by atoms with E-state index in [1.165, 1.54) is 7.11 Å². The van der Waals surface area contributed by atoms with E-state index in [0.717, 1.165) is 24.2 Å². The fraction of sp³-hybridized carbons (Fsp3) is 0.500. The van der Waals surface area contributed by atoms with Gasteiger partial charge in [-0.1, -0.05) is 36.4 Å². The molecule has 0 aromatic heterocycles. The molecule has 4 atom stereocenters. The normalized spacial score (nSPS) is 21.2. The molecule has 0 aliphatic carbocycles. The van der Waals surface area contributed by atoms with Crippen LogP contribution in [0.2, 0.25) is 0 Å². The molecule has 2 rings (SSSR count). The van der Waals surface area contributed by atoms with Gasteiger partial charge < -0.3 is 28.4 Å². The monoisotopic (exact) mass is 460 g/mol. The van der Waals surface area contributed by atoms with Gasteiger partial charge in [-0.05, 0) is 37.5 Å². The van der Waals surface area contributed by atoms with E-state index in [2.05, 4.69) is 13.2 Å². The number of methoxy groups -OCH3 is 2. The number of carbonyl (C=O) groups is 1. The summed E-state index contributed by atoms with van der Waals surface area (Å²) in [6.07, 6.45) is 7.11. The van der Waals surface area contributed by atoms with Crippen molar-refractivity contribution in [3.8, 4) is 5.75 Å². The van der Waals surface area contributed by atoms with Crippen molar-refractivity contribution in [2.24, 2.45) is 0 Å². The molecule has 1 aromatic carbocycles. The first-order valence-electron chi connectivity index (χ1n) is 11.1. The second-order valence-electron chi connectivity index (χ2n) is 7.80. The van der Waals surface area contributed by atoms with Gasteiger partial charge in [0.1, 0.15) is 18.0 Å². The van der Waals surface area contributed by atoms with Crippen LogP contribution in [0.4, 0.5) is 0 Å². The van der Waals surface area contributed by atoms with E-state index in [1.807, 2.05) is 24.3 Å². The van der Waals surface area contributed by atoms with Crippen LogP contribution >= 0.6 is 0 Å². The van der Waals surface area contributed by atoms with Crippen molar-refractivity contribution >= 4 is 5.97 Å². The fourth-order valence-electron chi connectivity index (χ4n) is 3.57. The summed E-state index contributed by atoms with van der Waals surface area (Å²) in [5.41, 5.74) is -0.489. The van der Waals surface area contributed by atoms with Crippen LogP contribution in [0.3, 0.4) is 0 Å². The summed E-state index contributed by atoms with van der Waals surface area (Å²) in [6, 6.07) is 7.53. The second-order valence-corrected chi connectivity index (χ2v) is 7.80. The van der Waals surface area contributed by atoms with Gasteiger partial charge in [-0.15, -0.1) is 13.2 Å². The summed E-state index contributed by atoms with van der Waals surface area (Å²) in [6.45, 7) is 10.8. The molecule has 1 aliphatic heterocycles. The van der Waals surface area contributed by atoms with Gasteiger partial charge in [-0.2, -0.15) is 0 Å². The Labute approximate surface area is 196 Å². The SMILES string of the molecule is C=CCOC/C=C\[C@@H](OCc1ccc(OC)cc1)[C@](C)(O[C@H]1CCCO[C@@H]1C=C)C(=O)OC. The fourth-order valence-corrected chi connectivity index (χ4v) is 3.57. The van der Waals surface area contributed by atoms with Gasteiger partial charge in [0.25, 0.3) is 0 Å². The van der Waals surface area contributed by atoms with Crippen molar-refractivity contribution in [1.29, 1.82) is 0 Å². The Bertz CT molecular complexity index is 773. The lowest BCUT2D eigenvalue weighted by molar-refractivity contribution is -0.211. The summed E-state index contributed by atoms with van der Waals surface area (Å²) in [5, 5.41) is 0. The summed E-state index contributed by atoms with van der Waals surface area (Å²) < 4.78 is 34.1. The van der Waals surface area contributed by atoms with Gasteiger partial charge >= 0.3 is 5.97 Å². The lowest BCUT2D eigenvalue weighted by Crippen LogP contribution is -2.54. The van der Waals surface area contributed by atoms with Gasteiger partial charge in [0.2, 0.25) is 0 Å². The van der Waals surface area contributed by atoms with Crippen LogP contribution in [-0.2, 0) is 35.1 Å². The Kier molecular flexibility index (Phi) is 11.3. The smallest absolute Gasteiger partial charge is 0.340 e. The zero-order chi connectivity index (χ0) is 24.1. The topological polar surface area (TPSA) is 72.5 Å². The van der Waals surface area contributed by atoms with Gasteiger partial charge in [-0.25, -0.2) is 4.79 Å².